The van der Waals surface area contributed by atoms with Crippen LogP contribution in [0.5, 0.6) is 0 Å². The summed E-state index contributed by atoms with van der Waals surface area (Å²) in [5.41, 5.74) is 2.80. The fourth-order valence-corrected chi connectivity index (χ4v) is 4.16. The fourth-order valence-electron chi connectivity index (χ4n) is 3.28. The number of nitrogens with zero attached hydrogens (tertiary/aromatic N) is 3. The second-order valence-electron chi connectivity index (χ2n) is 5.94. The van der Waals surface area contributed by atoms with Crippen LogP contribution >= 0.6 is 11.3 Å². The van der Waals surface area contributed by atoms with Crippen LogP contribution in [0.1, 0.15) is 45.1 Å². The summed E-state index contributed by atoms with van der Waals surface area (Å²) in [5.74, 6) is 0.965. The minimum absolute atomic E-state index is 0.0247. The topological polar surface area (TPSA) is 61.9 Å². The van der Waals surface area contributed by atoms with E-state index in [4.69, 9.17) is 0 Å². The molecule has 1 aliphatic rings. The van der Waals surface area contributed by atoms with Crippen LogP contribution in [0.25, 0.3) is 11.0 Å². The van der Waals surface area contributed by atoms with Gasteiger partial charge in [-0.1, -0.05) is 12.1 Å². The summed E-state index contributed by atoms with van der Waals surface area (Å²) in [5, 5.41) is 0.935. The van der Waals surface area contributed by atoms with Gasteiger partial charge in [-0.15, -0.1) is 11.3 Å². The Kier molecular flexibility index (Phi) is 3.41. The van der Waals surface area contributed by atoms with Crippen molar-refractivity contribution in [2.75, 3.05) is 6.54 Å². The third-order valence-electron chi connectivity index (χ3n) is 4.33. The number of benzene rings is 1. The predicted octanol–water partition coefficient (Wildman–Crippen LogP) is 3.61. The summed E-state index contributed by atoms with van der Waals surface area (Å²) < 4.78 is 0. The first-order valence-corrected chi connectivity index (χ1v) is 8.65. The number of H-pyrrole nitrogens is 1. The zero-order valence-corrected chi connectivity index (χ0v) is 14.0. The van der Waals surface area contributed by atoms with Gasteiger partial charge in [0.05, 0.1) is 27.8 Å². The second-order valence-corrected chi connectivity index (χ2v) is 7.15. The number of fused-ring (bicyclic) bond motifs is 1. The molecule has 0 saturated carbocycles. The van der Waals surface area contributed by atoms with E-state index in [2.05, 4.69) is 15.0 Å². The highest BCUT2D eigenvalue weighted by atomic mass is 32.1. The summed E-state index contributed by atoms with van der Waals surface area (Å²) >= 11 is 1.48. The molecule has 1 fully saturated rings. The molecule has 1 aromatic carbocycles. The zero-order valence-electron chi connectivity index (χ0n) is 13.2. The molecule has 1 aliphatic heterocycles. The van der Waals surface area contributed by atoms with E-state index in [1.54, 1.807) is 0 Å². The van der Waals surface area contributed by atoms with Crippen molar-refractivity contribution in [2.24, 2.45) is 0 Å². The van der Waals surface area contributed by atoms with E-state index in [-0.39, 0.29) is 11.9 Å². The summed E-state index contributed by atoms with van der Waals surface area (Å²) in [6.07, 6.45) is 1.95. The van der Waals surface area contributed by atoms with Crippen molar-refractivity contribution in [3.63, 3.8) is 0 Å². The van der Waals surface area contributed by atoms with Gasteiger partial charge in [0.15, 0.2) is 0 Å². The normalized spacial score (nSPS) is 18.0. The van der Waals surface area contributed by atoms with Gasteiger partial charge in [0, 0.05) is 6.54 Å². The number of likely N-dealkylation sites (tertiary alicyclic amines) is 1. The highest BCUT2D eigenvalue weighted by Crippen LogP contribution is 2.34. The van der Waals surface area contributed by atoms with Crippen molar-refractivity contribution in [3.05, 3.63) is 45.7 Å². The summed E-state index contributed by atoms with van der Waals surface area (Å²) in [4.78, 5) is 28.1. The summed E-state index contributed by atoms with van der Waals surface area (Å²) in [6, 6.07) is 8.01. The number of carbonyl (C=O) groups excluding carboxylic acids is 1. The van der Waals surface area contributed by atoms with Crippen molar-refractivity contribution in [2.45, 2.75) is 32.7 Å². The van der Waals surface area contributed by atoms with Crippen molar-refractivity contribution in [1.29, 1.82) is 0 Å². The number of aryl methyl sites for hydroxylation is 2. The van der Waals surface area contributed by atoms with Gasteiger partial charge < -0.3 is 9.88 Å². The number of aromatic amines is 1. The van der Waals surface area contributed by atoms with Gasteiger partial charge in [-0.2, -0.15) is 0 Å². The standard InChI is InChI=1S/C17H18N4OS/c1-10-15(23-11(2)18-10)17(22)21-9-5-8-14(21)16-19-12-6-3-4-7-13(12)20-16/h3-4,6-7,14H,5,8-9H2,1-2H3,(H,19,20)/t14-/m0/s1. The van der Waals surface area contributed by atoms with Gasteiger partial charge in [0.25, 0.3) is 5.91 Å². The van der Waals surface area contributed by atoms with Crippen LogP contribution in [0.15, 0.2) is 24.3 Å². The quantitative estimate of drug-likeness (QED) is 0.782. The van der Waals surface area contributed by atoms with Crippen LogP contribution in [-0.2, 0) is 0 Å². The van der Waals surface area contributed by atoms with E-state index in [1.807, 2.05) is 43.0 Å². The van der Waals surface area contributed by atoms with Crippen molar-refractivity contribution >= 4 is 28.3 Å². The first-order chi connectivity index (χ1) is 11.1. The highest BCUT2D eigenvalue weighted by molar-refractivity contribution is 7.13. The minimum atomic E-state index is 0.0247. The maximum Gasteiger partial charge on any atom is 0.266 e. The van der Waals surface area contributed by atoms with Gasteiger partial charge in [0.1, 0.15) is 10.7 Å². The Morgan fingerprint density at radius 3 is 2.87 bits per heavy atom. The van der Waals surface area contributed by atoms with Crippen LogP contribution < -0.4 is 0 Å². The lowest BCUT2D eigenvalue weighted by Crippen LogP contribution is -2.31. The molecule has 0 aliphatic carbocycles. The Labute approximate surface area is 138 Å². The fraction of sp³-hybridized carbons (Fsp3) is 0.353. The molecule has 6 heteroatoms. The number of hydrogen-bond donors (Lipinski definition) is 1. The van der Waals surface area contributed by atoms with Crippen LogP contribution in [0.4, 0.5) is 0 Å². The van der Waals surface area contributed by atoms with Gasteiger partial charge in [0.2, 0.25) is 0 Å². The van der Waals surface area contributed by atoms with E-state index in [9.17, 15) is 4.79 Å². The molecule has 0 spiro atoms. The summed E-state index contributed by atoms with van der Waals surface area (Å²) in [6.45, 7) is 4.62. The van der Waals surface area contributed by atoms with Crippen LogP contribution in [0.2, 0.25) is 0 Å². The van der Waals surface area contributed by atoms with E-state index in [0.29, 0.717) is 0 Å². The smallest absolute Gasteiger partial charge is 0.266 e. The number of para-hydroxylation sites is 2. The lowest BCUT2D eigenvalue weighted by molar-refractivity contribution is 0.0734. The minimum Gasteiger partial charge on any atom is -0.340 e. The number of rotatable bonds is 2. The first kappa shape index (κ1) is 14.4. The molecule has 0 radical (unpaired) electrons. The molecule has 118 valence electrons. The van der Waals surface area contributed by atoms with Crippen LogP contribution in [-0.4, -0.2) is 32.3 Å². The molecule has 2 aromatic heterocycles. The number of carbonyl (C=O) groups is 1. The molecule has 3 aromatic rings. The Bertz CT molecular complexity index is 849. The number of hydrogen-bond acceptors (Lipinski definition) is 4. The monoisotopic (exact) mass is 326 g/mol. The molecule has 5 nitrogen and oxygen atoms in total. The first-order valence-electron chi connectivity index (χ1n) is 7.83. The molecule has 23 heavy (non-hydrogen) atoms. The lowest BCUT2D eigenvalue weighted by atomic mass is 10.2. The average molecular weight is 326 g/mol. The van der Waals surface area contributed by atoms with Gasteiger partial charge in [-0.05, 0) is 38.8 Å². The molecule has 1 saturated heterocycles. The number of aromatic nitrogens is 3. The third kappa shape index (κ3) is 2.43. The number of thiazole rings is 1. The Balaban J connectivity index is 1.68. The molecule has 0 unspecified atom stereocenters. The van der Waals surface area contributed by atoms with Gasteiger partial charge >= 0.3 is 0 Å². The zero-order chi connectivity index (χ0) is 16.0. The lowest BCUT2D eigenvalue weighted by Gasteiger charge is -2.22. The van der Waals surface area contributed by atoms with E-state index in [0.717, 1.165) is 51.8 Å². The maximum absolute atomic E-state index is 12.9. The molecule has 1 atom stereocenters. The van der Waals surface area contributed by atoms with Crippen molar-refractivity contribution in [1.82, 2.24) is 19.9 Å². The van der Waals surface area contributed by atoms with E-state index in [1.165, 1.54) is 11.3 Å². The van der Waals surface area contributed by atoms with Crippen LogP contribution in [0, 0.1) is 13.8 Å². The molecule has 1 amide bonds. The third-order valence-corrected chi connectivity index (χ3v) is 5.40. The predicted molar refractivity (Wildman–Crippen MR) is 90.7 cm³/mol. The molecule has 3 heterocycles. The van der Waals surface area contributed by atoms with Crippen LogP contribution in [0.3, 0.4) is 0 Å². The highest BCUT2D eigenvalue weighted by Gasteiger charge is 2.34. The molecule has 1 N–H and O–H groups in total. The molecular formula is C17H18N4OS. The number of nitrogens with one attached hydrogen (secondary N) is 1. The molecule has 4 rings (SSSR count). The largest absolute Gasteiger partial charge is 0.340 e. The Morgan fingerprint density at radius 1 is 1.30 bits per heavy atom. The number of imidazole rings is 1. The Morgan fingerprint density at radius 2 is 2.13 bits per heavy atom. The van der Waals surface area contributed by atoms with Gasteiger partial charge in [-0.3, -0.25) is 4.79 Å². The second kappa shape index (κ2) is 5.45. The van der Waals surface area contributed by atoms with E-state index < -0.39 is 0 Å². The van der Waals surface area contributed by atoms with Crippen molar-refractivity contribution < 1.29 is 4.79 Å². The maximum atomic E-state index is 12.9. The summed E-state index contributed by atoms with van der Waals surface area (Å²) in [7, 11) is 0. The SMILES string of the molecule is Cc1nc(C)c(C(=O)N2CCC[C@H]2c2nc3ccccc3[nH]2)s1. The Hall–Kier alpha value is -2.21. The average Bonchev–Trinajstić information content (AvgIpc) is 3.23. The molecule has 0 bridgehead atoms. The number of amides is 1. The van der Waals surface area contributed by atoms with E-state index >= 15 is 0 Å². The van der Waals surface area contributed by atoms with Gasteiger partial charge in [-0.25, -0.2) is 9.97 Å². The van der Waals surface area contributed by atoms with Crippen molar-refractivity contribution in [3.8, 4) is 0 Å². The molecular weight excluding hydrogens is 308 g/mol.